The predicted molar refractivity (Wildman–Crippen MR) is 87.9 cm³/mol. The molecule has 1 heterocycles. The van der Waals surface area contributed by atoms with Gasteiger partial charge in [0.1, 0.15) is 11.5 Å². The van der Waals surface area contributed by atoms with Gasteiger partial charge in [0, 0.05) is 11.3 Å². The number of carbonyl (C=O) groups excluding carboxylic acids is 1. The van der Waals surface area contributed by atoms with Crippen molar-refractivity contribution in [1.82, 2.24) is 4.98 Å². The van der Waals surface area contributed by atoms with Crippen LogP contribution in [0.15, 0.2) is 24.3 Å². The van der Waals surface area contributed by atoms with E-state index in [0.717, 1.165) is 22.1 Å². The minimum atomic E-state index is -0.0351. The van der Waals surface area contributed by atoms with Gasteiger partial charge in [-0.2, -0.15) is 0 Å². The van der Waals surface area contributed by atoms with Gasteiger partial charge in [0.05, 0.1) is 19.4 Å². The van der Waals surface area contributed by atoms with Crippen molar-refractivity contribution in [3.05, 3.63) is 34.8 Å². The molecule has 2 rings (SSSR count). The lowest BCUT2D eigenvalue weighted by Crippen LogP contribution is -2.12. The van der Waals surface area contributed by atoms with Gasteiger partial charge in [0.15, 0.2) is 5.13 Å². The van der Waals surface area contributed by atoms with Crippen molar-refractivity contribution in [2.75, 3.05) is 19.0 Å². The lowest BCUT2D eigenvalue weighted by atomic mass is 10.3. The molecule has 0 saturated carbocycles. The summed E-state index contributed by atoms with van der Waals surface area (Å²) in [4.78, 5) is 17.2. The van der Waals surface area contributed by atoms with Crippen LogP contribution in [-0.4, -0.2) is 24.6 Å². The van der Waals surface area contributed by atoms with E-state index in [1.165, 1.54) is 11.3 Å². The zero-order valence-electron chi connectivity index (χ0n) is 13.0. The van der Waals surface area contributed by atoms with E-state index in [1.54, 1.807) is 7.11 Å². The summed E-state index contributed by atoms with van der Waals surface area (Å²) in [6, 6.07) is 7.38. The number of benzene rings is 1. The van der Waals surface area contributed by atoms with Crippen LogP contribution in [-0.2, 0) is 4.79 Å². The number of nitrogens with zero attached hydrogens (tertiary/aromatic N) is 1. The lowest BCUT2D eigenvalue weighted by Gasteiger charge is -2.07. The first-order chi connectivity index (χ1) is 10.6. The van der Waals surface area contributed by atoms with Gasteiger partial charge in [0.25, 0.3) is 0 Å². The molecule has 0 fully saturated rings. The predicted octanol–water partition coefficient (Wildman–Crippen LogP) is 3.57. The van der Waals surface area contributed by atoms with Crippen LogP contribution in [0.4, 0.5) is 5.13 Å². The van der Waals surface area contributed by atoms with Gasteiger partial charge < -0.3 is 14.8 Å². The average molecular weight is 320 g/mol. The Labute approximate surface area is 134 Å². The topological polar surface area (TPSA) is 60.5 Å². The van der Waals surface area contributed by atoms with Crippen molar-refractivity contribution in [3.8, 4) is 11.5 Å². The first-order valence-electron chi connectivity index (χ1n) is 7.09. The summed E-state index contributed by atoms with van der Waals surface area (Å²) < 4.78 is 10.7. The summed E-state index contributed by atoms with van der Waals surface area (Å²) in [5.41, 5.74) is 0.961. The number of rotatable bonds is 7. The van der Waals surface area contributed by atoms with Crippen LogP contribution in [0.2, 0.25) is 0 Å². The van der Waals surface area contributed by atoms with E-state index in [-0.39, 0.29) is 5.91 Å². The summed E-state index contributed by atoms with van der Waals surface area (Å²) in [5.74, 6) is 1.53. The molecule has 0 atom stereocenters. The van der Waals surface area contributed by atoms with Crippen LogP contribution >= 0.6 is 11.3 Å². The number of hydrogen-bond acceptors (Lipinski definition) is 5. The molecule has 0 saturated heterocycles. The number of hydrogen-bond donors (Lipinski definition) is 1. The third-order valence-corrected chi connectivity index (χ3v) is 4.14. The van der Waals surface area contributed by atoms with Gasteiger partial charge in [-0.25, -0.2) is 4.98 Å². The fraction of sp³-hybridized carbons (Fsp3) is 0.375. The molecule has 2 aromatic rings. The zero-order valence-corrected chi connectivity index (χ0v) is 13.8. The Morgan fingerprint density at radius 3 is 2.50 bits per heavy atom. The van der Waals surface area contributed by atoms with E-state index in [2.05, 4.69) is 10.3 Å². The fourth-order valence-electron chi connectivity index (χ4n) is 1.80. The Morgan fingerprint density at radius 1 is 1.23 bits per heavy atom. The summed E-state index contributed by atoms with van der Waals surface area (Å²) in [6.07, 6.45) is 1.06. The highest BCUT2D eigenvalue weighted by Crippen LogP contribution is 2.21. The van der Waals surface area contributed by atoms with Crippen LogP contribution in [0.1, 0.15) is 23.4 Å². The second kappa shape index (κ2) is 7.79. The molecule has 0 radical (unpaired) electrons. The van der Waals surface area contributed by atoms with E-state index in [1.807, 2.05) is 38.1 Å². The molecule has 0 aliphatic rings. The minimum absolute atomic E-state index is 0.0351. The number of nitrogens with one attached hydrogen (secondary N) is 1. The van der Waals surface area contributed by atoms with E-state index in [0.29, 0.717) is 24.6 Å². The number of ether oxygens (including phenoxy) is 2. The Kier molecular flexibility index (Phi) is 5.77. The summed E-state index contributed by atoms with van der Waals surface area (Å²) in [7, 11) is 1.62. The van der Waals surface area contributed by atoms with Crippen molar-refractivity contribution in [2.24, 2.45) is 0 Å². The Bertz CT molecular complexity index is 603. The van der Waals surface area contributed by atoms with Gasteiger partial charge >= 0.3 is 0 Å². The first-order valence-corrected chi connectivity index (χ1v) is 7.91. The maximum absolute atomic E-state index is 11.8. The maximum atomic E-state index is 11.8. The summed E-state index contributed by atoms with van der Waals surface area (Å²) in [6.45, 7) is 4.42. The number of anilines is 1. The molecule has 1 amide bonds. The van der Waals surface area contributed by atoms with Gasteiger partial charge in [0.2, 0.25) is 5.91 Å². The Hall–Kier alpha value is -2.08. The van der Waals surface area contributed by atoms with Crippen molar-refractivity contribution < 1.29 is 14.3 Å². The number of amides is 1. The average Bonchev–Trinajstić information content (AvgIpc) is 2.82. The van der Waals surface area contributed by atoms with Crippen molar-refractivity contribution in [2.45, 2.75) is 26.7 Å². The molecule has 0 aliphatic heterocycles. The largest absolute Gasteiger partial charge is 0.497 e. The second-order valence-corrected chi connectivity index (χ2v) is 6.04. The van der Waals surface area contributed by atoms with E-state index in [9.17, 15) is 4.79 Å². The third kappa shape index (κ3) is 4.73. The van der Waals surface area contributed by atoms with Gasteiger partial charge in [-0.15, -0.1) is 11.3 Å². The molecule has 0 spiro atoms. The molecule has 0 unspecified atom stereocenters. The standard InChI is InChI=1S/C16H20N2O3S/c1-11-12(2)22-16(17-11)18-15(19)5-4-10-21-14-8-6-13(20-3)7-9-14/h6-9H,4-5,10H2,1-3H3,(H,17,18,19). The molecule has 118 valence electrons. The number of methoxy groups -OCH3 is 1. The van der Waals surface area contributed by atoms with Crippen LogP contribution in [0.5, 0.6) is 11.5 Å². The number of carbonyl (C=O) groups is 1. The Balaban J connectivity index is 1.68. The number of aromatic nitrogens is 1. The zero-order chi connectivity index (χ0) is 15.9. The molecule has 0 bridgehead atoms. The van der Waals surface area contributed by atoms with Crippen molar-refractivity contribution in [3.63, 3.8) is 0 Å². The van der Waals surface area contributed by atoms with Gasteiger partial charge in [-0.3, -0.25) is 4.79 Å². The minimum Gasteiger partial charge on any atom is -0.497 e. The third-order valence-electron chi connectivity index (χ3n) is 3.15. The van der Waals surface area contributed by atoms with Crippen molar-refractivity contribution >= 4 is 22.4 Å². The van der Waals surface area contributed by atoms with Gasteiger partial charge in [-0.05, 0) is 44.5 Å². The number of aryl methyl sites for hydroxylation is 2. The molecule has 5 nitrogen and oxygen atoms in total. The molecular formula is C16H20N2O3S. The highest BCUT2D eigenvalue weighted by molar-refractivity contribution is 7.15. The monoisotopic (exact) mass is 320 g/mol. The van der Waals surface area contributed by atoms with Crippen LogP contribution in [0.25, 0.3) is 0 Å². The van der Waals surface area contributed by atoms with Crippen molar-refractivity contribution in [1.29, 1.82) is 0 Å². The highest BCUT2D eigenvalue weighted by Gasteiger charge is 2.07. The quantitative estimate of drug-likeness (QED) is 0.792. The molecular weight excluding hydrogens is 300 g/mol. The van der Waals surface area contributed by atoms with Gasteiger partial charge in [-0.1, -0.05) is 0 Å². The maximum Gasteiger partial charge on any atom is 0.226 e. The SMILES string of the molecule is COc1ccc(OCCCC(=O)Nc2nc(C)c(C)s2)cc1. The Morgan fingerprint density at radius 2 is 1.91 bits per heavy atom. The fourth-order valence-corrected chi connectivity index (χ4v) is 2.63. The molecule has 0 aliphatic carbocycles. The first kappa shape index (κ1) is 16.3. The van der Waals surface area contributed by atoms with E-state index >= 15 is 0 Å². The van der Waals surface area contributed by atoms with E-state index in [4.69, 9.17) is 9.47 Å². The molecule has 1 N–H and O–H groups in total. The highest BCUT2D eigenvalue weighted by atomic mass is 32.1. The lowest BCUT2D eigenvalue weighted by molar-refractivity contribution is -0.116. The van der Waals surface area contributed by atoms with Crippen LogP contribution in [0.3, 0.4) is 0 Å². The normalized spacial score (nSPS) is 10.3. The van der Waals surface area contributed by atoms with Crippen LogP contribution < -0.4 is 14.8 Å². The molecule has 6 heteroatoms. The smallest absolute Gasteiger partial charge is 0.226 e. The summed E-state index contributed by atoms with van der Waals surface area (Å²) >= 11 is 1.50. The molecule has 1 aromatic carbocycles. The molecule has 22 heavy (non-hydrogen) atoms. The molecule has 1 aromatic heterocycles. The van der Waals surface area contributed by atoms with Crippen LogP contribution in [0, 0.1) is 13.8 Å². The number of thiazole rings is 1. The summed E-state index contributed by atoms with van der Waals surface area (Å²) in [5, 5.41) is 3.48. The van der Waals surface area contributed by atoms with E-state index < -0.39 is 0 Å². The second-order valence-electron chi connectivity index (χ2n) is 4.84.